The van der Waals surface area contributed by atoms with Crippen molar-refractivity contribution in [3.8, 4) is 0 Å². The van der Waals surface area contributed by atoms with E-state index in [0.717, 1.165) is 0 Å². The van der Waals surface area contributed by atoms with Crippen LogP contribution in [0.3, 0.4) is 0 Å². The molecule has 0 heterocycles. The Morgan fingerprint density at radius 3 is 2.14 bits per heavy atom. The van der Waals surface area contributed by atoms with Crippen molar-refractivity contribution in [3.63, 3.8) is 0 Å². The average Bonchev–Trinajstić information content (AvgIpc) is 2.11. The number of rotatable bonds is 5. The molecule has 0 aromatic heterocycles. The lowest BCUT2D eigenvalue weighted by Gasteiger charge is -2.30. The van der Waals surface area contributed by atoms with E-state index in [1.54, 1.807) is 4.90 Å². The zero-order valence-corrected chi connectivity index (χ0v) is 9.53. The summed E-state index contributed by atoms with van der Waals surface area (Å²) in [4.78, 5) is 13.5. The maximum atomic E-state index is 11.9. The molecule has 0 saturated heterocycles. The van der Waals surface area contributed by atoms with Gasteiger partial charge >= 0.3 is 0 Å². The minimum atomic E-state index is -0.191. The van der Waals surface area contributed by atoms with Gasteiger partial charge in [-0.15, -0.1) is 0 Å². The number of carbonyl (C=O) groups excluding carboxylic acids is 1. The first-order valence-electron chi connectivity index (χ1n) is 5.08. The van der Waals surface area contributed by atoms with Crippen LogP contribution in [0.15, 0.2) is 0 Å². The number of hydrogen-bond acceptors (Lipinski definition) is 3. The van der Waals surface area contributed by atoms with Crippen LogP contribution in [0, 0.1) is 5.92 Å². The van der Waals surface area contributed by atoms with E-state index < -0.39 is 0 Å². The van der Waals surface area contributed by atoms with Crippen LogP contribution in [-0.4, -0.2) is 41.1 Å². The van der Waals surface area contributed by atoms with Gasteiger partial charge in [-0.05, 0) is 20.8 Å². The molecular formula is C10H22N2O2. The van der Waals surface area contributed by atoms with Crippen LogP contribution in [0.2, 0.25) is 0 Å². The van der Waals surface area contributed by atoms with Crippen LogP contribution < -0.4 is 5.73 Å². The highest BCUT2D eigenvalue weighted by molar-refractivity contribution is 5.79. The van der Waals surface area contributed by atoms with Crippen LogP contribution >= 0.6 is 0 Å². The molecule has 0 aliphatic carbocycles. The number of aliphatic hydroxyl groups excluding tert-OH is 1. The van der Waals surface area contributed by atoms with Crippen LogP contribution in [0.4, 0.5) is 0 Å². The number of amides is 1. The summed E-state index contributed by atoms with van der Waals surface area (Å²) in [6.45, 7) is 7.88. The molecular weight excluding hydrogens is 180 g/mol. The van der Waals surface area contributed by atoms with Crippen molar-refractivity contribution in [2.45, 2.75) is 39.8 Å². The fourth-order valence-corrected chi connectivity index (χ4v) is 1.22. The van der Waals surface area contributed by atoms with Gasteiger partial charge in [0.15, 0.2) is 0 Å². The smallest absolute Gasteiger partial charge is 0.227 e. The standard InChI is InChI=1S/C10H22N2O2/c1-7(2)12(5-6-13)10(14)8(3)9(4)11/h7-9,13H,5-6,11H2,1-4H3. The fourth-order valence-electron chi connectivity index (χ4n) is 1.22. The van der Waals surface area contributed by atoms with Crippen molar-refractivity contribution < 1.29 is 9.90 Å². The summed E-state index contributed by atoms with van der Waals surface area (Å²) < 4.78 is 0. The normalized spacial score (nSPS) is 15.4. The molecule has 0 bridgehead atoms. The number of aliphatic hydroxyl groups is 1. The first-order valence-corrected chi connectivity index (χ1v) is 5.08. The van der Waals surface area contributed by atoms with Gasteiger partial charge in [-0.25, -0.2) is 0 Å². The predicted octanol–water partition coefficient (Wildman–Crippen LogP) is 0.199. The van der Waals surface area contributed by atoms with Gasteiger partial charge in [-0.1, -0.05) is 6.92 Å². The SMILES string of the molecule is CC(N)C(C)C(=O)N(CCO)C(C)C. The summed E-state index contributed by atoms with van der Waals surface area (Å²) in [5, 5.41) is 8.83. The summed E-state index contributed by atoms with van der Waals surface area (Å²) in [5.41, 5.74) is 5.66. The van der Waals surface area contributed by atoms with E-state index in [2.05, 4.69) is 0 Å². The summed E-state index contributed by atoms with van der Waals surface area (Å²) in [6.07, 6.45) is 0. The van der Waals surface area contributed by atoms with Gasteiger partial charge in [0.25, 0.3) is 0 Å². The summed E-state index contributed by atoms with van der Waals surface area (Å²) in [7, 11) is 0. The van der Waals surface area contributed by atoms with E-state index in [1.165, 1.54) is 0 Å². The lowest BCUT2D eigenvalue weighted by Crippen LogP contribution is -2.46. The topological polar surface area (TPSA) is 66.6 Å². The molecule has 0 aromatic carbocycles. The van der Waals surface area contributed by atoms with Crippen molar-refractivity contribution in [2.24, 2.45) is 11.7 Å². The highest BCUT2D eigenvalue weighted by Crippen LogP contribution is 2.09. The summed E-state index contributed by atoms with van der Waals surface area (Å²) in [6, 6.07) is -0.0432. The molecule has 0 fully saturated rings. The molecule has 0 aromatic rings. The molecule has 0 saturated carbocycles. The lowest BCUT2D eigenvalue weighted by molar-refractivity contribution is -0.137. The Morgan fingerprint density at radius 2 is 1.86 bits per heavy atom. The minimum absolute atomic E-state index is 0.00437. The summed E-state index contributed by atoms with van der Waals surface area (Å²) >= 11 is 0. The van der Waals surface area contributed by atoms with Crippen LogP contribution in [0.1, 0.15) is 27.7 Å². The third-order valence-corrected chi connectivity index (χ3v) is 2.43. The number of hydrogen-bond donors (Lipinski definition) is 2. The molecule has 84 valence electrons. The monoisotopic (exact) mass is 202 g/mol. The van der Waals surface area contributed by atoms with E-state index in [1.807, 2.05) is 27.7 Å². The molecule has 3 N–H and O–H groups in total. The molecule has 0 spiro atoms. The van der Waals surface area contributed by atoms with Gasteiger partial charge in [-0.2, -0.15) is 0 Å². The highest BCUT2D eigenvalue weighted by Gasteiger charge is 2.24. The Balaban J connectivity index is 4.43. The van der Waals surface area contributed by atoms with Gasteiger partial charge in [-0.3, -0.25) is 4.79 Å². The second-order valence-corrected chi connectivity index (χ2v) is 4.00. The Bertz CT molecular complexity index is 181. The van der Waals surface area contributed by atoms with Gasteiger partial charge in [0.2, 0.25) is 5.91 Å². The van der Waals surface area contributed by atoms with Crippen molar-refractivity contribution in [2.75, 3.05) is 13.2 Å². The first kappa shape index (κ1) is 13.4. The number of nitrogens with zero attached hydrogens (tertiary/aromatic N) is 1. The van der Waals surface area contributed by atoms with E-state index in [0.29, 0.717) is 6.54 Å². The Kier molecular flexibility index (Phi) is 5.72. The minimum Gasteiger partial charge on any atom is -0.395 e. The molecule has 0 aliphatic heterocycles. The second kappa shape index (κ2) is 5.98. The van der Waals surface area contributed by atoms with Gasteiger partial charge in [0, 0.05) is 18.6 Å². The van der Waals surface area contributed by atoms with E-state index in [-0.39, 0.29) is 30.5 Å². The van der Waals surface area contributed by atoms with Crippen molar-refractivity contribution in [1.29, 1.82) is 0 Å². The van der Waals surface area contributed by atoms with E-state index in [9.17, 15) is 4.79 Å². The third kappa shape index (κ3) is 3.64. The molecule has 1 amide bonds. The quantitative estimate of drug-likeness (QED) is 0.669. The zero-order valence-electron chi connectivity index (χ0n) is 9.53. The molecule has 0 radical (unpaired) electrons. The Labute approximate surface area is 86.1 Å². The molecule has 2 atom stereocenters. The molecule has 14 heavy (non-hydrogen) atoms. The first-order chi connectivity index (χ1) is 6.41. The predicted molar refractivity (Wildman–Crippen MR) is 56.7 cm³/mol. The molecule has 2 unspecified atom stereocenters. The van der Waals surface area contributed by atoms with Gasteiger partial charge in [0.1, 0.15) is 0 Å². The third-order valence-electron chi connectivity index (χ3n) is 2.43. The maximum Gasteiger partial charge on any atom is 0.227 e. The highest BCUT2D eigenvalue weighted by atomic mass is 16.3. The maximum absolute atomic E-state index is 11.9. The zero-order chi connectivity index (χ0) is 11.3. The second-order valence-electron chi connectivity index (χ2n) is 4.00. The lowest BCUT2D eigenvalue weighted by atomic mass is 10.0. The van der Waals surface area contributed by atoms with Crippen LogP contribution in [-0.2, 0) is 4.79 Å². The van der Waals surface area contributed by atoms with Crippen LogP contribution in [0.5, 0.6) is 0 Å². The van der Waals surface area contributed by atoms with E-state index in [4.69, 9.17) is 10.8 Å². The summed E-state index contributed by atoms with van der Waals surface area (Å²) in [5.74, 6) is -0.173. The Morgan fingerprint density at radius 1 is 1.36 bits per heavy atom. The van der Waals surface area contributed by atoms with Gasteiger partial charge < -0.3 is 15.7 Å². The number of carbonyl (C=O) groups is 1. The fraction of sp³-hybridized carbons (Fsp3) is 0.900. The van der Waals surface area contributed by atoms with Crippen molar-refractivity contribution in [1.82, 2.24) is 4.90 Å². The molecule has 0 aliphatic rings. The molecule has 4 heteroatoms. The molecule has 0 rings (SSSR count). The Hall–Kier alpha value is -0.610. The van der Waals surface area contributed by atoms with E-state index >= 15 is 0 Å². The number of nitrogens with two attached hydrogens (primary N) is 1. The van der Waals surface area contributed by atoms with Crippen molar-refractivity contribution >= 4 is 5.91 Å². The van der Waals surface area contributed by atoms with Crippen LogP contribution in [0.25, 0.3) is 0 Å². The average molecular weight is 202 g/mol. The van der Waals surface area contributed by atoms with Gasteiger partial charge in [0.05, 0.1) is 12.5 Å². The van der Waals surface area contributed by atoms with Crippen molar-refractivity contribution in [3.05, 3.63) is 0 Å². The largest absolute Gasteiger partial charge is 0.395 e. The molecule has 4 nitrogen and oxygen atoms in total.